The van der Waals surface area contributed by atoms with Crippen molar-refractivity contribution in [3.05, 3.63) is 45.4 Å². The summed E-state index contributed by atoms with van der Waals surface area (Å²) < 4.78 is 4.72. The first-order chi connectivity index (χ1) is 10.5. The molecule has 1 aromatic carbocycles. The van der Waals surface area contributed by atoms with Crippen LogP contribution in [0.3, 0.4) is 0 Å². The van der Waals surface area contributed by atoms with E-state index < -0.39 is 5.97 Å². The second kappa shape index (κ2) is 10.5. The zero-order valence-electron chi connectivity index (χ0n) is 11.8. The Morgan fingerprint density at radius 2 is 1.73 bits per heavy atom. The number of hydrogen-bond donors (Lipinski definition) is 1. The topological polar surface area (TPSA) is 55.4 Å². The van der Waals surface area contributed by atoms with Gasteiger partial charge in [-0.15, -0.1) is 0 Å². The molecule has 0 saturated carbocycles. The number of hydrogen-bond acceptors (Lipinski definition) is 3. The second-order valence-corrected chi connectivity index (χ2v) is 5.85. The van der Waals surface area contributed by atoms with Crippen LogP contribution in [0.1, 0.15) is 24.8 Å². The molecule has 4 nitrogen and oxygen atoms in total. The van der Waals surface area contributed by atoms with Crippen molar-refractivity contribution >= 4 is 46.7 Å². The Bertz CT molecular complexity index is 528. The van der Waals surface area contributed by atoms with Crippen LogP contribution >= 0.6 is 34.8 Å². The highest BCUT2D eigenvalue weighted by Crippen LogP contribution is 2.17. The molecule has 0 bridgehead atoms. The lowest BCUT2D eigenvalue weighted by Crippen LogP contribution is -2.22. The first-order valence-corrected chi connectivity index (χ1v) is 7.78. The van der Waals surface area contributed by atoms with Crippen LogP contribution in [0.2, 0.25) is 0 Å². The van der Waals surface area contributed by atoms with Gasteiger partial charge in [-0.05, 0) is 12.0 Å². The number of halogens is 3. The minimum absolute atomic E-state index is 0.0669. The smallest absolute Gasteiger partial charge is 0.306 e. The fourth-order valence-corrected chi connectivity index (χ4v) is 1.71. The summed E-state index contributed by atoms with van der Waals surface area (Å²) in [6, 6.07) is 9.58. The molecule has 1 amide bonds. The monoisotopic (exact) mass is 363 g/mol. The minimum atomic E-state index is -0.455. The molecular formula is C15H16Cl3NO3. The first kappa shape index (κ1) is 18.8. The Balaban J connectivity index is 2.14. The number of esters is 1. The van der Waals surface area contributed by atoms with E-state index in [2.05, 4.69) is 5.32 Å². The molecule has 0 aliphatic heterocycles. The number of benzene rings is 1. The quantitative estimate of drug-likeness (QED) is 0.712. The molecule has 0 saturated heterocycles. The Morgan fingerprint density at radius 1 is 1.05 bits per heavy atom. The van der Waals surface area contributed by atoms with Gasteiger partial charge in [-0.2, -0.15) is 0 Å². The number of ether oxygens (including phenoxy) is 1. The van der Waals surface area contributed by atoms with Gasteiger partial charge in [0.15, 0.2) is 0 Å². The molecule has 120 valence electrons. The normalized spacial score (nSPS) is 9.95. The Labute approximate surface area is 144 Å². The summed E-state index contributed by atoms with van der Waals surface area (Å²) >= 11 is 16.4. The summed E-state index contributed by atoms with van der Waals surface area (Å²) in [7, 11) is 0. The van der Waals surface area contributed by atoms with Crippen molar-refractivity contribution in [2.75, 3.05) is 6.61 Å². The highest BCUT2D eigenvalue weighted by Gasteiger charge is 2.08. The maximum Gasteiger partial charge on any atom is 0.306 e. The predicted octanol–water partition coefficient (Wildman–Crippen LogP) is 3.90. The average Bonchev–Trinajstić information content (AvgIpc) is 2.51. The summed E-state index contributed by atoms with van der Waals surface area (Å²) in [4.78, 5) is 23.0. The number of nitrogens with one attached hydrogen (secondary N) is 1. The Hall–Kier alpha value is -1.23. The molecule has 1 N–H and O–H groups in total. The molecule has 0 fully saturated rings. The molecule has 0 heterocycles. The van der Waals surface area contributed by atoms with Crippen LogP contribution in [0, 0.1) is 0 Å². The molecule has 0 atom stereocenters. The molecule has 0 aromatic heterocycles. The van der Waals surface area contributed by atoms with Crippen molar-refractivity contribution in [2.45, 2.75) is 25.8 Å². The van der Waals surface area contributed by atoms with E-state index in [1.807, 2.05) is 30.3 Å². The zero-order valence-corrected chi connectivity index (χ0v) is 14.0. The summed E-state index contributed by atoms with van der Waals surface area (Å²) in [5, 5.41) is 2.85. The zero-order chi connectivity index (χ0) is 16.4. The molecule has 1 aromatic rings. The Morgan fingerprint density at radius 3 is 2.36 bits per heavy atom. The maximum atomic E-state index is 11.6. The van der Waals surface area contributed by atoms with Crippen molar-refractivity contribution < 1.29 is 14.3 Å². The fourth-order valence-electron chi connectivity index (χ4n) is 1.55. The SMILES string of the molecule is O=C(CCCC(=O)OCC(Cl)=C(Cl)Cl)NCc1ccccc1. The number of rotatable bonds is 8. The molecular weight excluding hydrogens is 349 g/mol. The summed E-state index contributed by atoms with van der Waals surface area (Å²) in [6.07, 6.45) is 0.778. The van der Waals surface area contributed by atoms with Gasteiger partial charge in [-0.25, -0.2) is 0 Å². The minimum Gasteiger partial charge on any atom is -0.460 e. The van der Waals surface area contributed by atoms with Gasteiger partial charge >= 0.3 is 5.97 Å². The van der Waals surface area contributed by atoms with Crippen LogP contribution in [0.25, 0.3) is 0 Å². The van der Waals surface area contributed by atoms with Crippen LogP contribution in [0.5, 0.6) is 0 Å². The number of amides is 1. The van der Waals surface area contributed by atoms with E-state index in [1.54, 1.807) is 0 Å². The van der Waals surface area contributed by atoms with Crippen molar-refractivity contribution in [1.29, 1.82) is 0 Å². The van der Waals surface area contributed by atoms with E-state index in [4.69, 9.17) is 39.5 Å². The first-order valence-electron chi connectivity index (χ1n) is 6.65. The van der Waals surface area contributed by atoms with Crippen LogP contribution < -0.4 is 5.32 Å². The third-order valence-electron chi connectivity index (χ3n) is 2.68. The molecule has 0 radical (unpaired) electrons. The lowest BCUT2D eigenvalue weighted by Gasteiger charge is -2.06. The maximum absolute atomic E-state index is 11.6. The van der Waals surface area contributed by atoms with Gasteiger partial charge in [-0.1, -0.05) is 65.1 Å². The van der Waals surface area contributed by atoms with Crippen molar-refractivity contribution in [1.82, 2.24) is 5.32 Å². The molecule has 7 heteroatoms. The summed E-state index contributed by atoms with van der Waals surface area (Å²) in [6.45, 7) is 0.307. The van der Waals surface area contributed by atoms with E-state index in [0.29, 0.717) is 13.0 Å². The standard InChI is InChI=1S/C15H16Cl3NO3/c16-12(15(17)18)10-22-14(21)8-4-7-13(20)19-9-11-5-2-1-3-6-11/h1-3,5-6H,4,7-10H2,(H,19,20). The largest absolute Gasteiger partial charge is 0.460 e. The highest BCUT2D eigenvalue weighted by molar-refractivity contribution is 6.59. The van der Waals surface area contributed by atoms with Crippen molar-refractivity contribution in [2.24, 2.45) is 0 Å². The lowest BCUT2D eigenvalue weighted by atomic mass is 10.2. The van der Waals surface area contributed by atoms with E-state index in [-0.39, 0.29) is 34.9 Å². The second-order valence-electron chi connectivity index (χ2n) is 4.44. The van der Waals surface area contributed by atoms with Gasteiger partial charge in [0, 0.05) is 19.4 Å². The molecule has 0 spiro atoms. The van der Waals surface area contributed by atoms with Crippen LogP contribution in [-0.2, 0) is 20.9 Å². The van der Waals surface area contributed by atoms with Gasteiger partial charge in [-0.3, -0.25) is 9.59 Å². The molecule has 0 unspecified atom stereocenters. The predicted molar refractivity (Wildman–Crippen MR) is 87.7 cm³/mol. The Kier molecular flexibility index (Phi) is 8.97. The highest BCUT2D eigenvalue weighted by atomic mass is 35.5. The summed E-state index contributed by atoms with van der Waals surface area (Å²) in [5.74, 6) is -0.568. The fraction of sp³-hybridized carbons (Fsp3) is 0.333. The van der Waals surface area contributed by atoms with Gasteiger partial charge in [0.1, 0.15) is 11.1 Å². The summed E-state index contributed by atoms with van der Waals surface area (Å²) in [5.41, 5.74) is 1.02. The van der Waals surface area contributed by atoms with Crippen molar-refractivity contribution in [3.63, 3.8) is 0 Å². The molecule has 22 heavy (non-hydrogen) atoms. The average molecular weight is 365 g/mol. The number of carbonyl (C=O) groups is 2. The third-order valence-corrected chi connectivity index (χ3v) is 3.63. The van der Waals surface area contributed by atoms with Gasteiger partial charge in [0.05, 0.1) is 5.03 Å². The van der Waals surface area contributed by atoms with Crippen LogP contribution in [-0.4, -0.2) is 18.5 Å². The van der Waals surface area contributed by atoms with Gasteiger partial charge in [0.25, 0.3) is 0 Å². The van der Waals surface area contributed by atoms with E-state index >= 15 is 0 Å². The van der Waals surface area contributed by atoms with Gasteiger partial charge in [0.2, 0.25) is 5.91 Å². The van der Waals surface area contributed by atoms with Crippen LogP contribution in [0.4, 0.5) is 0 Å². The number of carbonyl (C=O) groups excluding carboxylic acids is 2. The molecule has 0 aliphatic rings. The van der Waals surface area contributed by atoms with Crippen molar-refractivity contribution in [3.8, 4) is 0 Å². The van der Waals surface area contributed by atoms with E-state index in [9.17, 15) is 9.59 Å². The molecule has 0 aliphatic carbocycles. The van der Waals surface area contributed by atoms with Gasteiger partial charge < -0.3 is 10.1 Å². The van der Waals surface area contributed by atoms with E-state index in [1.165, 1.54) is 0 Å². The van der Waals surface area contributed by atoms with Crippen LogP contribution in [0.15, 0.2) is 39.9 Å². The molecule has 1 rings (SSSR count). The third kappa shape index (κ3) is 8.27. The van der Waals surface area contributed by atoms with E-state index in [0.717, 1.165) is 5.56 Å². The lowest BCUT2D eigenvalue weighted by molar-refractivity contribution is -0.142.